The van der Waals surface area contributed by atoms with Gasteiger partial charge in [0, 0.05) is 17.0 Å². The molecule has 1 saturated carbocycles. The van der Waals surface area contributed by atoms with Gasteiger partial charge in [-0.2, -0.15) is 8.78 Å². The number of thiophene rings is 1. The molecule has 3 N–H and O–H groups in total. The molecular weight excluding hydrogens is 346 g/mol. The number of amides is 1. The molecule has 1 aromatic heterocycles. The number of hydrogen-bond donors (Lipinski definition) is 2. The van der Waals surface area contributed by atoms with Crippen LogP contribution in [0.5, 0.6) is 5.75 Å². The monoisotopic (exact) mass is 366 g/mol. The van der Waals surface area contributed by atoms with Crippen LogP contribution in [-0.4, -0.2) is 24.6 Å². The Balaban J connectivity index is 1.62. The molecule has 1 fully saturated rings. The number of hydrogen-bond acceptors (Lipinski definition) is 4. The number of carbonyl (C=O) groups excluding carboxylic acids is 1. The fourth-order valence-corrected chi connectivity index (χ4v) is 3.85. The first-order valence-electron chi connectivity index (χ1n) is 8.23. The highest BCUT2D eigenvalue weighted by Crippen LogP contribution is 2.30. The normalized spacial score (nSPS) is 20.5. The van der Waals surface area contributed by atoms with Gasteiger partial charge in [-0.05, 0) is 67.6 Å². The maximum Gasteiger partial charge on any atom is 0.387 e. The van der Waals surface area contributed by atoms with Crippen molar-refractivity contribution in [1.82, 2.24) is 5.32 Å². The lowest BCUT2D eigenvalue weighted by Crippen LogP contribution is -2.40. The summed E-state index contributed by atoms with van der Waals surface area (Å²) in [6.07, 6.45) is 3.70. The molecule has 0 radical (unpaired) electrons. The number of nitrogens with one attached hydrogen (secondary N) is 1. The molecule has 0 unspecified atom stereocenters. The van der Waals surface area contributed by atoms with Gasteiger partial charge in [-0.3, -0.25) is 4.79 Å². The predicted molar refractivity (Wildman–Crippen MR) is 94.1 cm³/mol. The van der Waals surface area contributed by atoms with Gasteiger partial charge in [0.15, 0.2) is 0 Å². The first-order valence-corrected chi connectivity index (χ1v) is 9.04. The van der Waals surface area contributed by atoms with Gasteiger partial charge in [-0.15, -0.1) is 11.3 Å². The fraction of sp³-hybridized carbons (Fsp3) is 0.389. The highest BCUT2D eigenvalue weighted by molar-refractivity contribution is 7.17. The highest BCUT2D eigenvalue weighted by Gasteiger charge is 2.21. The van der Waals surface area contributed by atoms with Crippen LogP contribution in [0, 0.1) is 0 Å². The summed E-state index contributed by atoms with van der Waals surface area (Å²) in [7, 11) is 0. The number of carbonyl (C=O) groups is 1. The second kappa shape index (κ2) is 7.93. The number of halogens is 2. The van der Waals surface area contributed by atoms with E-state index in [4.69, 9.17) is 5.73 Å². The van der Waals surface area contributed by atoms with E-state index in [2.05, 4.69) is 10.1 Å². The topological polar surface area (TPSA) is 64.3 Å². The molecule has 0 spiro atoms. The number of nitrogens with two attached hydrogens (primary N) is 1. The third-order valence-corrected chi connectivity index (χ3v) is 5.43. The van der Waals surface area contributed by atoms with E-state index >= 15 is 0 Å². The number of ether oxygens (including phenoxy) is 1. The van der Waals surface area contributed by atoms with Crippen LogP contribution in [0.3, 0.4) is 0 Å². The zero-order valence-electron chi connectivity index (χ0n) is 13.6. The third-order valence-electron chi connectivity index (χ3n) is 4.30. The van der Waals surface area contributed by atoms with Crippen molar-refractivity contribution < 1.29 is 18.3 Å². The Kier molecular flexibility index (Phi) is 5.65. The number of rotatable bonds is 5. The van der Waals surface area contributed by atoms with E-state index in [-0.39, 0.29) is 23.7 Å². The first kappa shape index (κ1) is 17.8. The summed E-state index contributed by atoms with van der Waals surface area (Å²) in [5, 5.41) is 3.06. The van der Waals surface area contributed by atoms with E-state index in [1.807, 2.05) is 6.07 Å². The van der Waals surface area contributed by atoms with E-state index in [1.165, 1.54) is 23.5 Å². The van der Waals surface area contributed by atoms with E-state index in [0.717, 1.165) is 36.1 Å². The maximum absolute atomic E-state index is 12.4. The van der Waals surface area contributed by atoms with Crippen molar-refractivity contribution in [3.8, 4) is 16.2 Å². The Labute approximate surface area is 149 Å². The molecular formula is C18H20F2N2O2S. The third kappa shape index (κ3) is 4.76. The summed E-state index contributed by atoms with van der Waals surface area (Å²) >= 11 is 1.38. The molecule has 1 aliphatic carbocycles. The van der Waals surface area contributed by atoms with Gasteiger partial charge in [0.05, 0.1) is 4.88 Å². The Morgan fingerprint density at radius 3 is 2.44 bits per heavy atom. The average Bonchev–Trinajstić information content (AvgIpc) is 3.07. The largest absolute Gasteiger partial charge is 0.435 e. The minimum absolute atomic E-state index is 0.0747. The van der Waals surface area contributed by atoms with Crippen LogP contribution in [0.4, 0.5) is 8.78 Å². The van der Waals surface area contributed by atoms with Gasteiger partial charge in [0.2, 0.25) is 0 Å². The van der Waals surface area contributed by atoms with Gasteiger partial charge >= 0.3 is 6.61 Å². The van der Waals surface area contributed by atoms with E-state index in [9.17, 15) is 13.6 Å². The van der Waals surface area contributed by atoms with Crippen molar-refractivity contribution in [1.29, 1.82) is 0 Å². The standard InChI is InChI=1S/C18H20F2N2O2S/c19-18(20)24-14-7-1-11(2-8-14)15-9-10-16(25-15)17(23)22-13-5-3-12(21)4-6-13/h1-2,7-10,12-13,18H,3-6,21H2,(H,22,23). The summed E-state index contributed by atoms with van der Waals surface area (Å²) in [6.45, 7) is -2.84. The second-order valence-electron chi connectivity index (χ2n) is 6.15. The van der Waals surface area contributed by atoms with Gasteiger partial charge < -0.3 is 15.8 Å². The quantitative estimate of drug-likeness (QED) is 0.840. The van der Waals surface area contributed by atoms with Crippen LogP contribution in [0.2, 0.25) is 0 Å². The molecule has 2 aromatic rings. The van der Waals surface area contributed by atoms with Crippen molar-refractivity contribution in [3.05, 3.63) is 41.3 Å². The van der Waals surface area contributed by atoms with E-state index in [0.29, 0.717) is 4.88 Å². The Bertz CT molecular complexity index is 710. The molecule has 0 saturated heterocycles. The highest BCUT2D eigenvalue weighted by atomic mass is 32.1. The molecule has 1 heterocycles. The van der Waals surface area contributed by atoms with Crippen LogP contribution in [-0.2, 0) is 0 Å². The molecule has 7 heteroatoms. The fourth-order valence-electron chi connectivity index (χ4n) is 2.94. The lowest BCUT2D eigenvalue weighted by atomic mass is 9.92. The molecule has 25 heavy (non-hydrogen) atoms. The van der Waals surface area contributed by atoms with Gasteiger partial charge in [-0.1, -0.05) is 0 Å². The van der Waals surface area contributed by atoms with E-state index < -0.39 is 6.61 Å². The maximum atomic E-state index is 12.4. The van der Waals surface area contributed by atoms with Crippen LogP contribution in [0.1, 0.15) is 35.4 Å². The SMILES string of the molecule is NC1CCC(NC(=O)c2ccc(-c3ccc(OC(F)F)cc3)s2)CC1. The number of alkyl halides is 2. The van der Waals surface area contributed by atoms with Gasteiger partial charge in [0.1, 0.15) is 5.75 Å². The molecule has 134 valence electrons. The van der Waals surface area contributed by atoms with Gasteiger partial charge in [-0.25, -0.2) is 0 Å². The lowest BCUT2D eigenvalue weighted by Gasteiger charge is -2.26. The molecule has 0 atom stereocenters. The second-order valence-corrected chi connectivity index (χ2v) is 7.24. The number of benzene rings is 1. The average molecular weight is 366 g/mol. The zero-order chi connectivity index (χ0) is 17.8. The molecule has 0 aliphatic heterocycles. The summed E-state index contributed by atoms with van der Waals surface area (Å²) in [6, 6.07) is 10.5. The van der Waals surface area contributed by atoms with Crippen LogP contribution >= 0.6 is 11.3 Å². The van der Waals surface area contributed by atoms with E-state index in [1.54, 1.807) is 18.2 Å². The minimum atomic E-state index is -2.84. The Hall–Kier alpha value is -1.99. The van der Waals surface area contributed by atoms with Crippen molar-refractivity contribution in [2.24, 2.45) is 5.73 Å². The lowest BCUT2D eigenvalue weighted by molar-refractivity contribution is -0.0498. The molecule has 1 amide bonds. The van der Waals surface area contributed by atoms with Crippen molar-refractivity contribution in [3.63, 3.8) is 0 Å². The minimum Gasteiger partial charge on any atom is -0.435 e. The molecule has 1 aliphatic rings. The van der Waals surface area contributed by atoms with Crippen LogP contribution in [0.25, 0.3) is 10.4 Å². The van der Waals surface area contributed by atoms with Crippen molar-refractivity contribution in [2.45, 2.75) is 44.4 Å². The predicted octanol–water partition coefficient (Wildman–Crippen LogP) is 4.02. The molecule has 1 aromatic carbocycles. The molecule has 4 nitrogen and oxygen atoms in total. The summed E-state index contributed by atoms with van der Waals surface area (Å²) in [5.74, 6) is 0.0400. The first-order chi connectivity index (χ1) is 12.0. The summed E-state index contributed by atoms with van der Waals surface area (Å²) in [4.78, 5) is 13.9. The Morgan fingerprint density at radius 2 is 1.80 bits per heavy atom. The molecule has 3 rings (SSSR count). The Morgan fingerprint density at radius 1 is 1.12 bits per heavy atom. The summed E-state index contributed by atoms with van der Waals surface area (Å²) in [5.41, 5.74) is 6.74. The summed E-state index contributed by atoms with van der Waals surface area (Å²) < 4.78 is 28.7. The molecule has 0 bridgehead atoms. The van der Waals surface area contributed by atoms with Crippen LogP contribution in [0.15, 0.2) is 36.4 Å². The van der Waals surface area contributed by atoms with Crippen LogP contribution < -0.4 is 15.8 Å². The smallest absolute Gasteiger partial charge is 0.387 e. The van der Waals surface area contributed by atoms with Crippen molar-refractivity contribution >= 4 is 17.2 Å². The van der Waals surface area contributed by atoms with Gasteiger partial charge in [0.25, 0.3) is 5.91 Å². The zero-order valence-corrected chi connectivity index (χ0v) is 14.4. The van der Waals surface area contributed by atoms with Crippen molar-refractivity contribution in [2.75, 3.05) is 0 Å².